The highest BCUT2D eigenvalue weighted by Gasteiger charge is 2.24. The summed E-state index contributed by atoms with van der Waals surface area (Å²) in [4.78, 5) is 17.1. The van der Waals surface area contributed by atoms with Crippen LogP contribution in [-0.2, 0) is 0 Å². The molecule has 1 aliphatic rings. The van der Waals surface area contributed by atoms with Crippen molar-refractivity contribution in [3.63, 3.8) is 0 Å². The molecule has 0 unspecified atom stereocenters. The summed E-state index contributed by atoms with van der Waals surface area (Å²) in [5.41, 5.74) is 2.14. The summed E-state index contributed by atoms with van der Waals surface area (Å²) in [7, 11) is 0. The van der Waals surface area contributed by atoms with Crippen LogP contribution < -0.4 is 0 Å². The number of hydrogen-bond acceptors (Lipinski definition) is 3. The lowest BCUT2D eigenvalue weighted by atomic mass is 9.98. The van der Waals surface area contributed by atoms with Crippen molar-refractivity contribution < 1.29 is 14.3 Å². The number of aromatic nitrogens is 1. The second-order valence-corrected chi connectivity index (χ2v) is 4.80. The molecule has 0 radical (unpaired) electrons. The lowest BCUT2D eigenvalue weighted by molar-refractivity contribution is 0.0646. The number of nitrogens with zero attached hydrogens (tertiary/aromatic N) is 1. The normalized spacial score (nSPS) is 17.5. The standard InChI is InChI=1S/C13H16N2O3/c16-8-9-1-4-15(5-2-9)13(17)11-7-12-10(14-11)3-6-18-12/h3,6-7,9,14,16H,1-2,4-5,8H2. The molecular weight excluding hydrogens is 232 g/mol. The molecule has 0 bridgehead atoms. The molecule has 5 nitrogen and oxygen atoms in total. The summed E-state index contributed by atoms with van der Waals surface area (Å²) in [6.45, 7) is 1.65. The Morgan fingerprint density at radius 1 is 1.50 bits per heavy atom. The quantitative estimate of drug-likeness (QED) is 0.848. The number of nitrogens with one attached hydrogen (secondary N) is 1. The van der Waals surface area contributed by atoms with E-state index in [0.717, 1.165) is 18.4 Å². The van der Waals surface area contributed by atoms with Crippen LogP contribution in [0.25, 0.3) is 11.1 Å². The van der Waals surface area contributed by atoms with Crippen LogP contribution in [0, 0.1) is 5.92 Å². The summed E-state index contributed by atoms with van der Waals surface area (Å²) in [6.07, 6.45) is 3.35. The van der Waals surface area contributed by atoms with E-state index in [1.165, 1.54) is 0 Å². The first-order chi connectivity index (χ1) is 8.78. The lowest BCUT2D eigenvalue weighted by Crippen LogP contribution is -2.39. The monoisotopic (exact) mass is 248 g/mol. The first kappa shape index (κ1) is 11.3. The Morgan fingerprint density at radius 3 is 2.94 bits per heavy atom. The van der Waals surface area contributed by atoms with Crippen LogP contribution in [0.15, 0.2) is 22.8 Å². The van der Waals surface area contributed by atoms with Gasteiger partial charge in [0.05, 0.1) is 11.8 Å². The third-order valence-corrected chi connectivity index (χ3v) is 3.63. The molecule has 18 heavy (non-hydrogen) atoms. The molecule has 0 aliphatic carbocycles. The zero-order valence-corrected chi connectivity index (χ0v) is 10.1. The molecule has 0 atom stereocenters. The summed E-state index contributed by atoms with van der Waals surface area (Å²) in [5.74, 6) is 0.353. The average molecular weight is 248 g/mol. The summed E-state index contributed by atoms with van der Waals surface area (Å²) >= 11 is 0. The van der Waals surface area contributed by atoms with Crippen LogP contribution in [0.2, 0.25) is 0 Å². The molecule has 1 saturated heterocycles. The molecule has 1 amide bonds. The second kappa shape index (κ2) is 4.49. The van der Waals surface area contributed by atoms with Crippen LogP contribution in [0.3, 0.4) is 0 Å². The molecule has 2 aromatic rings. The highest BCUT2D eigenvalue weighted by atomic mass is 16.3. The van der Waals surface area contributed by atoms with Crippen LogP contribution in [0.5, 0.6) is 0 Å². The third kappa shape index (κ3) is 1.90. The van der Waals surface area contributed by atoms with Gasteiger partial charge >= 0.3 is 0 Å². The van der Waals surface area contributed by atoms with Gasteiger partial charge in [0.2, 0.25) is 0 Å². The van der Waals surface area contributed by atoms with Gasteiger partial charge in [-0.15, -0.1) is 0 Å². The number of amides is 1. The predicted octanol–water partition coefficient (Wildman–Crippen LogP) is 1.61. The topological polar surface area (TPSA) is 69.5 Å². The van der Waals surface area contributed by atoms with Crippen molar-refractivity contribution in [3.8, 4) is 0 Å². The molecule has 0 saturated carbocycles. The van der Waals surface area contributed by atoms with Crippen molar-refractivity contribution in [1.82, 2.24) is 9.88 Å². The first-order valence-electron chi connectivity index (χ1n) is 6.24. The van der Waals surface area contributed by atoms with Gasteiger partial charge in [0, 0.05) is 31.8 Å². The van der Waals surface area contributed by atoms with E-state index in [1.807, 2.05) is 11.0 Å². The Bertz CT molecular complexity index is 521. The molecule has 3 rings (SSSR count). The van der Waals surface area contributed by atoms with Gasteiger partial charge in [-0.1, -0.05) is 0 Å². The number of hydrogen-bond donors (Lipinski definition) is 2. The molecule has 0 aromatic carbocycles. The van der Waals surface area contributed by atoms with Gasteiger partial charge in [-0.05, 0) is 18.8 Å². The maximum atomic E-state index is 12.3. The third-order valence-electron chi connectivity index (χ3n) is 3.63. The summed E-state index contributed by atoms with van der Waals surface area (Å²) in [5, 5.41) is 9.08. The number of fused-ring (bicyclic) bond motifs is 1. The van der Waals surface area contributed by atoms with Crippen molar-refractivity contribution in [2.24, 2.45) is 5.92 Å². The van der Waals surface area contributed by atoms with Crippen molar-refractivity contribution in [2.75, 3.05) is 19.7 Å². The molecule has 2 aromatic heterocycles. The Balaban J connectivity index is 1.73. The Labute approximate surface area is 104 Å². The van der Waals surface area contributed by atoms with Crippen LogP contribution >= 0.6 is 0 Å². The van der Waals surface area contributed by atoms with E-state index in [9.17, 15) is 4.79 Å². The Morgan fingerprint density at radius 2 is 2.28 bits per heavy atom. The fourth-order valence-corrected chi connectivity index (χ4v) is 2.45. The van der Waals surface area contributed by atoms with Crippen molar-refractivity contribution in [1.29, 1.82) is 0 Å². The molecule has 0 spiro atoms. The van der Waals surface area contributed by atoms with E-state index in [1.54, 1.807) is 12.3 Å². The highest BCUT2D eigenvalue weighted by molar-refractivity contribution is 5.96. The van der Waals surface area contributed by atoms with Crippen LogP contribution in [-0.4, -0.2) is 40.6 Å². The average Bonchev–Trinajstić information content (AvgIpc) is 2.99. The maximum Gasteiger partial charge on any atom is 0.270 e. The zero-order chi connectivity index (χ0) is 12.5. The number of aliphatic hydroxyl groups excluding tert-OH is 1. The smallest absolute Gasteiger partial charge is 0.270 e. The number of rotatable bonds is 2. The number of aliphatic hydroxyl groups is 1. The van der Waals surface area contributed by atoms with E-state index in [2.05, 4.69) is 4.98 Å². The minimum absolute atomic E-state index is 0.0118. The van der Waals surface area contributed by atoms with Gasteiger partial charge in [-0.2, -0.15) is 0 Å². The first-order valence-corrected chi connectivity index (χ1v) is 6.24. The lowest BCUT2D eigenvalue weighted by Gasteiger charge is -2.30. The van der Waals surface area contributed by atoms with Gasteiger partial charge in [-0.25, -0.2) is 0 Å². The van der Waals surface area contributed by atoms with Crippen molar-refractivity contribution in [2.45, 2.75) is 12.8 Å². The van der Waals surface area contributed by atoms with Crippen molar-refractivity contribution >= 4 is 17.0 Å². The van der Waals surface area contributed by atoms with Gasteiger partial charge < -0.3 is 19.4 Å². The predicted molar refractivity (Wildman–Crippen MR) is 66.3 cm³/mol. The summed E-state index contributed by atoms with van der Waals surface area (Å²) in [6, 6.07) is 3.56. The molecular formula is C13H16N2O3. The SMILES string of the molecule is O=C(c1cc2occc2[nH]1)N1CCC(CO)CC1. The number of aromatic amines is 1. The van der Waals surface area contributed by atoms with Gasteiger partial charge in [0.1, 0.15) is 5.69 Å². The minimum atomic E-state index is 0.0118. The fourth-order valence-electron chi connectivity index (χ4n) is 2.45. The van der Waals surface area contributed by atoms with Gasteiger partial charge in [0.25, 0.3) is 5.91 Å². The molecule has 1 fully saturated rings. The van der Waals surface area contributed by atoms with E-state index >= 15 is 0 Å². The number of furan rings is 1. The number of piperidine rings is 1. The number of carbonyl (C=O) groups is 1. The molecule has 96 valence electrons. The largest absolute Gasteiger partial charge is 0.463 e. The fraction of sp³-hybridized carbons (Fsp3) is 0.462. The number of carbonyl (C=O) groups excluding carboxylic acids is 1. The van der Waals surface area contributed by atoms with Crippen molar-refractivity contribution in [3.05, 3.63) is 24.1 Å². The highest BCUT2D eigenvalue weighted by Crippen LogP contribution is 2.21. The zero-order valence-electron chi connectivity index (χ0n) is 10.1. The molecule has 5 heteroatoms. The van der Waals surface area contributed by atoms with Gasteiger partial charge in [0.15, 0.2) is 5.58 Å². The minimum Gasteiger partial charge on any atom is -0.463 e. The molecule has 2 N–H and O–H groups in total. The molecule has 1 aliphatic heterocycles. The van der Waals surface area contributed by atoms with E-state index in [4.69, 9.17) is 9.52 Å². The number of likely N-dealkylation sites (tertiary alicyclic amines) is 1. The molecule has 3 heterocycles. The second-order valence-electron chi connectivity index (χ2n) is 4.80. The van der Waals surface area contributed by atoms with E-state index in [-0.39, 0.29) is 12.5 Å². The van der Waals surface area contributed by atoms with Crippen LogP contribution in [0.4, 0.5) is 0 Å². The van der Waals surface area contributed by atoms with Gasteiger partial charge in [-0.3, -0.25) is 4.79 Å². The summed E-state index contributed by atoms with van der Waals surface area (Å²) < 4.78 is 5.24. The number of H-pyrrole nitrogens is 1. The van der Waals surface area contributed by atoms with Crippen LogP contribution in [0.1, 0.15) is 23.3 Å². The Kier molecular flexibility index (Phi) is 2.83. The van der Waals surface area contributed by atoms with E-state index in [0.29, 0.717) is 30.3 Å². The van der Waals surface area contributed by atoms with E-state index < -0.39 is 0 Å². The Hall–Kier alpha value is -1.75. The maximum absolute atomic E-state index is 12.3.